The van der Waals surface area contributed by atoms with Crippen LogP contribution in [0.15, 0.2) is 4.52 Å². The lowest BCUT2D eigenvalue weighted by Crippen LogP contribution is -2.12. The molecule has 2 heterocycles. The maximum absolute atomic E-state index is 5.97. The van der Waals surface area contributed by atoms with Crippen molar-refractivity contribution >= 4 is 11.8 Å². The Labute approximate surface area is 105 Å². The number of nitrogens with two attached hydrogens (primary N) is 1. The molecule has 0 bridgehead atoms. The minimum absolute atomic E-state index is 0.136. The van der Waals surface area contributed by atoms with Crippen molar-refractivity contribution in [2.45, 2.75) is 25.3 Å². The van der Waals surface area contributed by atoms with Crippen LogP contribution in [0.2, 0.25) is 0 Å². The standard InChI is InChI=1S/C11H19N3O2S/c1-17-5-3-9(12)11-13-10(14-16-11)6-8-2-4-15-7-8/h8-9H,2-7,12H2,1H3/t8?,9-/m1/s1. The van der Waals surface area contributed by atoms with Crippen LogP contribution >= 0.6 is 11.8 Å². The van der Waals surface area contributed by atoms with Gasteiger partial charge in [-0.1, -0.05) is 5.16 Å². The molecule has 0 spiro atoms. The molecule has 1 aromatic rings. The molecule has 6 heteroatoms. The molecular weight excluding hydrogens is 238 g/mol. The van der Waals surface area contributed by atoms with E-state index in [2.05, 4.69) is 16.4 Å². The summed E-state index contributed by atoms with van der Waals surface area (Å²) in [5.41, 5.74) is 5.97. The van der Waals surface area contributed by atoms with Crippen LogP contribution in [0.25, 0.3) is 0 Å². The van der Waals surface area contributed by atoms with E-state index in [1.807, 2.05) is 0 Å². The van der Waals surface area contributed by atoms with Gasteiger partial charge in [-0.05, 0) is 30.8 Å². The van der Waals surface area contributed by atoms with Crippen LogP contribution in [0.3, 0.4) is 0 Å². The van der Waals surface area contributed by atoms with Crippen LogP contribution in [0.5, 0.6) is 0 Å². The van der Waals surface area contributed by atoms with E-state index >= 15 is 0 Å². The molecule has 0 amide bonds. The number of hydrogen-bond donors (Lipinski definition) is 1. The molecular formula is C11H19N3O2S. The Kier molecular flexibility index (Phi) is 4.82. The fraction of sp³-hybridized carbons (Fsp3) is 0.818. The average molecular weight is 257 g/mol. The number of rotatable bonds is 6. The van der Waals surface area contributed by atoms with E-state index in [-0.39, 0.29) is 6.04 Å². The molecule has 0 saturated carbocycles. The minimum atomic E-state index is -0.136. The molecule has 1 aliphatic heterocycles. The third-order valence-corrected chi connectivity index (χ3v) is 3.57. The van der Waals surface area contributed by atoms with Crippen LogP contribution in [0.1, 0.15) is 30.6 Å². The third kappa shape index (κ3) is 3.69. The van der Waals surface area contributed by atoms with Gasteiger partial charge in [-0.15, -0.1) is 0 Å². The molecule has 1 aliphatic rings. The second-order valence-electron chi connectivity index (χ2n) is 4.37. The highest BCUT2D eigenvalue weighted by molar-refractivity contribution is 7.98. The largest absolute Gasteiger partial charge is 0.381 e. The van der Waals surface area contributed by atoms with E-state index in [1.54, 1.807) is 11.8 Å². The van der Waals surface area contributed by atoms with E-state index in [0.29, 0.717) is 11.8 Å². The van der Waals surface area contributed by atoms with E-state index < -0.39 is 0 Å². The summed E-state index contributed by atoms with van der Waals surface area (Å²) in [5.74, 6) is 2.86. The molecule has 0 aromatic carbocycles. The van der Waals surface area contributed by atoms with Crippen molar-refractivity contribution in [2.24, 2.45) is 11.7 Å². The number of ether oxygens (including phenoxy) is 1. The smallest absolute Gasteiger partial charge is 0.243 e. The molecule has 96 valence electrons. The summed E-state index contributed by atoms with van der Waals surface area (Å²) in [6, 6.07) is -0.136. The summed E-state index contributed by atoms with van der Waals surface area (Å²) in [5, 5.41) is 3.98. The molecule has 1 aromatic heterocycles. The van der Waals surface area contributed by atoms with Crippen molar-refractivity contribution in [3.05, 3.63) is 11.7 Å². The van der Waals surface area contributed by atoms with Gasteiger partial charge in [0.15, 0.2) is 5.82 Å². The number of hydrogen-bond acceptors (Lipinski definition) is 6. The average Bonchev–Trinajstić information content (AvgIpc) is 2.98. The second kappa shape index (κ2) is 6.37. The Morgan fingerprint density at radius 3 is 3.18 bits per heavy atom. The molecule has 1 fully saturated rings. The molecule has 2 N–H and O–H groups in total. The van der Waals surface area contributed by atoms with Crippen molar-refractivity contribution in [1.82, 2.24) is 10.1 Å². The first kappa shape index (κ1) is 12.9. The summed E-state index contributed by atoms with van der Waals surface area (Å²) in [6.07, 6.45) is 4.85. The zero-order valence-electron chi connectivity index (χ0n) is 10.1. The predicted octanol–water partition coefficient (Wildman–Crippen LogP) is 1.40. The van der Waals surface area contributed by atoms with E-state index in [0.717, 1.165) is 44.1 Å². The summed E-state index contributed by atoms with van der Waals surface area (Å²) < 4.78 is 10.5. The predicted molar refractivity (Wildman–Crippen MR) is 66.9 cm³/mol. The lowest BCUT2D eigenvalue weighted by atomic mass is 10.1. The second-order valence-corrected chi connectivity index (χ2v) is 5.36. The fourth-order valence-electron chi connectivity index (χ4n) is 1.87. The molecule has 1 saturated heterocycles. The lowest BCUT2D eigenvalue weighted by molar-refractivity contribution is 0.185. The van der Waals surface area contributed by atoms with Gasteiger partial charge in [0.1, 0.15) is 0 Å². The van der Waals surface area contributed by atoms with Crippen molar-refractivity contribution in [1.29, 1.82) is 0 Å². The highest BCUT2D eigenvalue weighted by Crippen LogP contribution is 2.19. The Bertz CT molecular complexity index is 339. The van der Waals surface area contributed by atoms with Crippen molar-refractivity contribution in [2.75, 3.05) is 25.2 Å². The Morgan fingerprint density at radius 1 is 1.59 bits per heavy atom. The summed E-state index contributed by atoms with van der Waals surface area (Å²) >= 11 is 1.77. The lowest BCUT2D eigenvalue weighted by Gasteiger charge is -2.04. The van der Waals surface area contributed by atoms with E-state index in [9.17, 15) is 0 Å². The molecule has 2 rings (SSSR count). The normalized spacial score (nSPS) is 21.9. The quantitative estimate of drug-likeness (QED) is 0.830. The number of thioether (sulfide) groups is 1. The maximum Gasteiger partial charge on any atom is 0.243 e. The monoisotopic (exact) mass is 257 g/mol. The van der Waals surface area contributed by atoms with Gasteiger partial charge in [0.25, 0.3) is 0 Å². The van der Waals surface area contributed by atoms with E-state index in [4.69, 9.17) is 15.0 Å². The first-order valence-electron chi connectivity index (χ1n) is 5.94. The Hall–Kier alpha value is -0.590. The maximum atomic E-state index is 5.97. The molecule has 1 unspecified atom stereocenters. The zero-order chi connectivity index (χ0) is 12.1. The van der Waals surface area contributed by atoms with Gasteiger partial charge < -0.3 is 15.0 Å². The fourth-order valence-corrected chi connectivity index (χ4v) is 2.36. The zero-order valence-corrected chi connectivity index (χ0v) is 10.9. The molecule has 0 aliphatic carbocycles. The SMILES string of the molecule is CSCC[C@@H](N)c1nc(CC2CCOC2)no1. The van der Waals surface area contributed by atoms with Crippen LogP contribution in [0, 0.1) is 5.92 Å². The third-order valence-electron chi connectivity index (χ3n) is 2.93. The Balaban J connectivity index is 1.86. The molecule has 5 nitrogen and oxygen atoms in total. The number of nitrogens with zero attached hydrogens (tertiary/aromatic N) is 2. The summed E-state index contributed by atoms with van der Waals surface area (Å²) in [6.45, 7) is 1.66. The Morgan fingerprint density at radius 2 is 2.47 bits per heavy atom. The van der Waals surface area contributed by atoms with Gasteiger partial charge in [0.2, 0.25) is 5.89 Å². The van der Waals surface area contributed by atoms with Gasteiger partial charge in [-0.2, -0.15) is 16.7 Å². The van der Waals surface area contributed by atoms with Crippen LogP contribution in [-0.4, -0.2) is 35.4 Å². The van der Waals surface area contributed by atoms with Gasteiger partial charge >= 0.3 is 0 Å². The van der Waals surface area contributed by atoms with Crippen LogP contribution < -0.4 is 5.73 Å². The van der Waals surface area contributed by atoms with Crippen molar-refractivity contribution in [3.8, 4) is 0 Å². The van der Waals surface area contributed by atoms with Crippen LogP contribution in [-0.2, 0) is 11.2 Å². The van der Waals surface area contributed by atoms with Gasteiger partial charge in [-0.3, -0.25) is 0 Å². The highest BCUT2D eigenvalue weighted by atomic mass is 32.2. The summed E-state index contributed by atoms with van der Waals surface area (Å²) in [7, 11) is 0. The molecule has 2 atom stereocenters. The molecule has 17 heavy (non-hydrogen) atoms. The topological polar surface area (TPSA) is 74.2 Å². The highest BCUT2D eigenvalue weighted by Gasteiger charge is 2.20. The van der Waals surface area contributed by atoms with E-state index in [1.165, 1.54) is 0 Å². The summed E-state index contributed by atoms with van der Waals surface area (Å²) in [4.78, 5) is 4.36. The molecule has 0 radical (unpaired) electrons. The first-order valence-corrected chi connectivity index (χ1v) is 7.33. The minimum Gasteiger partial charge on any atom is -0.381 e. The number of aromatic nitrogens is 2. The van der Waals surface area contributed by atoms with Gasteiger partial charge in [0.05, 0.1) is 6.04 Å². The van der Waals surface area contributed by atoms with Gasteiger partial charge in [0, 0.05) is 19.6 Å². The van der Waals surface area contributed by atoms with Crippen molar-refractivity contribution < 1.29 is 9.26 Å². The van der Waals surface area contributed by atoms with Gasteiger partial charge in [-0.25, -0.2) is 0 Å². The van der Waals surface area contributed by atoms with Crippen molar-refractivity contribution in [3.63, 3.8) is 0 Å². The van der Waals surface area contributed by atoms with Crippen LogP contribution in [0.4, 0.5) is 0 Å². The first-order chi connectivity index (χ1) is 8.29.